The van der Waals surface area contributed by atoms with Crippen LogP contribution in [-0.4, -0.2) is 46.6 Å². The highest BCUT2D eigenvalue weighted by Gasteiger charge is 2.27. The first-order chi connectivity index (χ1) is 11.8. The predicted octanol–water partition coefficient (Wildman–Crippen LogP) is 2.61. The second kappa shape index (κ2) is 8.26. The third-order valence-corrected chi connectivity index (χ3v) is 3.48. The molecule has 0 aliphatic rings. The first kappa shape index (κ1) is 19.1. The van der Waals surface area contributed by atoms with Gasteiger partial charge in [-0.15, -0.1) is 0 Å². The molecule has 1 aromatic heterocycles. The largest absolute Gasteiger partial charge is 0.411 e. The SMILES string of the molecule is Cc1cccc(-c2n[nH]c(=S)n2CC(=O)NCCOCC(F)(F)F)c1. The van der Waals surface area contributed by atoms with E-state index in [0.29, 0.717) is 5.82 Å². The maximum Gasteiger partial charge on any atom is 0.411 e. The van der Waals surface area contributed by atoms with E-state index in [0.717, 1.165) is 11.1 Å². The van der Waals surface area contributed by atoms with Crippen LogP contribution in [0.15, 0.2) is 24.3 Å². The lowest BCUT2D eigenvalue weighted by atomic mass is 10.1. The molecule has 2 N–H and O–H groups in total. The summed E-state index contributed by atoms with van der Waals surface area (Å²) in [5.41, 5.74) is 1.83. The first-order valence-electron chi connectivity index (χ1n) is 7.40. The molecule has 25 heavy (non-hydrogen) atoms. The van der Waals surface area contributed by atoms with E-state index in [2.05, 4.69) is 20.3 Å². The van der Waals surface area contributed by atoms with Crippen LogP contribution in [0, 0.1) is 11.7 Å². The number of benzene rings is 1. The monoisotopic (exact) mass is 374 g/mol. The van der Waals surface area contributed by atoms with E-state index >= 15 is 0 Å². The van der Waals surface area contributed by atoms with Crippen molar-refractivity contribution >= 4 is 18.1 Å². The molecule has 0 aliphatic heterocycles. The average Bonchev–Trinajstić information content (AvgIpc) is 2.87. The number of rotatable bonds is 7. The van der Waals surface area contributed by atoms with Crippen LogP contribution in [0.3, 0.4) is 0 Å². The fourth-order valence-electron chi connectivity index (χ4n) is 2.12. The molecule has 1 aromatic carbocycles. The lowest BCUT2D eigenvalue weighted by Crippen LogP contribution is -2.31. The Kier molecular flexibility index (Phi) is 6.32. The molecule has 1 heterocycles. The second-order valence-electron chi connectivity index (χ2n) is 5.33. The second-order valence-corrected chi connectivity index (χ2v) is 5.71. The molecule has 2 aromatic rings. The zero-order valence-electron chi connectivity index (χ0n) is 13.4. The quantitative estimate of drug-likeness (QED) is 0.577. The number of nitrogens with one attached hydrogen (secondary N) is 2. The third-order valence-electron chi connectivity index (χ3n) is 3.17. The van der Waals surface area contributed by atoms with E-state index < -0.39 is 18.7 Å². The van der Waals surface area contributed by atoms with Crippen LogP contribution < -0.4 is 5.32 Å². The lowest BCUT2D eigenvalue weighted by Gasteiger charge is -2.10. The minimum atomic E-state index is -4.38. The Morgan fingerprint density at radius 2 is 2.20 bits per heavy atom. The number of H-pyrrole nitrogens is 1. The molecule has 0 saturated carbocycles. The van der Waals surface area contributed by atoms with Crippen molar-refractivity contribution in [2.45, 2.75) is 19.6 Å². The van der Waals surface area contributed by atoms with Gasteiger partial charge in [0.1, 0.15) is 13.2 Å². The topological polar surface area (TPSA) is 71.9 Å². The van der Waals surface area contributed by atoms with Gasteiger partial charge in [0.2, 0.25) is 5.91 Å². The van der Waals surface area contributed by atoms with Crippen molar-refractivity contribution in [3.63, 3.8) is 0 Å². The Morgan fingerprint density at radius 1 is 1.44 bits per heavy atom. The molecule has 0 radical (unpaired) electrons. The van der Waals surface area contributed by atoms with E-state index in [4.69, 9.17) is 12.2 Å². The van der Waals surface area contributed by atoms with Gasteiger partial charge in [-0.05, 0) is 25.2 Å². The summed E-state index contributed by atoms with van der Waals surface area (Å²) in [6, 6.07) is 7.55. The molecule has 1 amide bonds. The fraction of sp³-hybridized carbons (Fsp3) is 0.400. The van der Waals surface area contributed by atoms with E-state index in [9.17, 15) is 18.0 Å². The van der Waals surface area contributed by atoms with Crippen LogP contribution in [0.25, 0.3) is 11.4 Å². The van der Waals surface area contributed by atoms with Crippen LogP contribution in [0.2, 0.25) is 0 Å². The van der Waals surface area contributed by atoms with Gasteiger partial charge in [-0.2, -0.15) is 18.3 Å². The zero-order valence-corrected chi connectivity index (χ0v) is 14.2. The number of alkyl halides is 3. The van der Waals surface area contributed by atoms with Crippen molar-refractivity contribution in [1.29, 1.82) is 0 Å². The van der Waals surface area contributed by atoms with Crippen LogP contribution in [0.1, 0.15) is 5.56 Å². The van der Waals surface area contributed by atoms with Gasteiger partial charge in [0.05, 0.1) is 6.61 Å². The summed E-state index contributed by atoms with van der Waals surface area (Å²) in [4.78, 5) is 12.0. The molecule has 2 rings (SSSR count). The first-order valence-corrected chi connectivity index (χ1v) is 7.80. The summed E-state index contributed by atoms with van der Waals surface area (Å²) in [5.74, 6) is 0.110. The number of halogens is 3. The van der Waals surface area contributed by atoms with Gasteiger partial charge in [-0.1, -0.05) is 23.8 Å². The van der Waals surface area contributed by atoms with Crippen molar-refractivity contribution in [2.24, 2.45) is 0 Å². The summed E-state index contributed by atoms with van der Waals surface area (Å²) in [6.07, 6.45) is -4.38. The highest BCUT2D eigenvalue weighted by molar-refractivity contribution is 7.71. The van der Waals surface area contributed by atoms with Gasteiger partial charge in [-0.3, -0.25) is 14.5 Å². The molecule has 6 nitrogen and oxygen atoms in total. The number of amides is 1. The zero-order chi connectivity index (χ0) is 18.4. The maximum atomic E-state index is 12.0. The smallest absolute Gasteiger partial charge is 0.370 e. The summed E-state index contributed by atoms with van der Waals surface area (Å²) in [5, 5.41) is 9.26. The summed E-state index contributed by atoms with van der Waals surface area (Å²) in [7, 11) is 0. The summed E-state index contributed by atoms with van der Waals surface area (Å²) in [6.45, 7) is 0.237. The minimum Gasteiger partial charge on any atom is -0.370 e. The molecule has 10 heteroatoms. The molecule has 0 spiro atoms. The molecule has 0 atom stereocenters. The maximum absolute atomic E-state index is 12.0. The van der Waals surface area contributed by atoms with Crippen molar-refractivity contribution < 1.29 is 22.7 Å². The molecule has 0 bridgehead atoms. The Morgan fingerprint density at radius 3 is 2.88 bits per heavy atom. The third kappa shape index (κ3) is 5.98. The number of hydrogen-bond acceptors (Lipinski definition) is 4. The van der Waals surface area contributed by atoms with E-state index in [-0.39, 0.29) is 24.5 Å². The lowest BCUT2D eigenvalue weighted by molar-refractivity contribution is -0.173. The molecule has 136 valence electrons. The number of nitrogens with zero attached hydrogens (tertiary/aromatic N) is 2. The van der Waals surface area contributed by atoms with Crippen molar-refractivity contribution in [3.05, 3.63) is 34.6 Å². The molecular formula is C15H17F3N4O2S. The Balaban J connectivity index is 1.93. The minimum absolute atomic E-state index is 0.0279. The van der Waals surface area contributed by atoms with Gasteiger partial charge >= 0.3 is 6.18 Å². The summed E-state index contributed by atoms with van der Waals surface area (Å²) >= 11 is 5.13. The van der Waals surface area contributed by atoms with Crippen LogP contribution in [0.5, 0.6) is 0 Å². The van der Waals surface area contributed by atoms with Crippen LogP contribution in [-0.2, 0) is 16.1 Å². The van der Waals surface area contributed by atoms with Gasteiger partial charge in [-0.25, -0.2) is 0 Å². The van der Waals surface area contributed by atoms with Crippen LogP contribution in [0.4, 0.5) is 13.2 Å². The predicted molar refractivity (Wildman–Crippen MR) is 87.5 cm³/mol. The normalized spacial score (nSPS) is 11.5. The standard InChI is InChI=1S/C15H17F3N4O2S/c1-10-3-2-4-11(7-10)13-20-21-14(25)22(13)8-12(23)19-5-6-24-9-15(16,17)18/h2-4,7H,5-6,8-9H2,1H3,(H,19,23)(H,21,25). The van der Waals surface area contributed by atoms with E-state index in [1.807, 2.05) is 31.2 Å². The van der Waals surface area contributed by atoms with Crippen molar-refractivity contribution in [3.8, 4) is 11.4 Å². The highest BCUT2D eigenvalue weighted by Crippen LogP contribution is 2.18. The van der Waals surface area contributed by atoms with Crippen molar-refractivity contribution in [2.75, 3.05) is 19.8 Å². The molecule has 0 saturated heterocycles. The number of aromatic amines is 1. The number of ether oxygens (including phenoxy) is 1. The molecule has 0 fully saturated rings. The molecule has 0 aliphatic carbocycles. The van der Waals surface area contributed by atoms with Crippen molar-refractivity contribution in [1.82, 2.24) is 20.1 Å². The Bertz CT molecular complexity index is 786. The van der Waals surface area contributed by atoms with Gasteiger partial charge < -0.3 is 10.1 Å². The summed E-state index contributed by atoms with van der Waals surface area (Å²) < 4.78 is 42.0. The fourth-order valence-corrected chi connectivity index (χ4v) is 2.32. The number of carbonyl (C=O) groups is 1. The number of aromatic nitrogens is 3. The van der Waals surface area contributed by atoms with Gasteiger partial charge in [0.25, 0.3) is 0 Å². The number of carbonyl (C=O) groups excluding carboxylic acids is 1. The number of hydrogen-bond donors (Lipinski definition) is 2. The average molecular weight is 374 g/mol. The number of aryl methyl sites for hydroxylation is 1. The Labute approximate surface area is 147 Å². The van der Waals surface area contributed by atoms with Gasteiger partial charge in [0, 0.05) is 12.1 Å². The van der Waals surface area contributed by atoms with E-state index in [1.54, 1.807) is 0 Å². The van der Waals surface area contributed by atoms with Gasteiger partial charge in [0.15, 0.2) is 10.6 Å². The molecular weight excluding hydrogens is 357 g/mol. The van der Waals surface area contributed by atoms with E-state index in [1.165, 1.54) is 4.57 Å². The Hall–Kier alpha value is -2.20. The highest BCUT2D eigenvalue weighted by atomic mass is 32.1. The molecule has 0 unspecified atom stereocenters. The van der Waals surface area contributed by atoms with Crippen LogP contribution >= 0.6 is 12.2 Å².